The molecule has 3 aliphatic rings. The molecular formula is C21H20ClFN4O2. The fourth-order valence-corrected chi connectivity index (χ4v) is 4.39. The summed E-state index contributed by atoms with van der Waals surface area (Å²) in [6.45, 7) is 4.23. The molecule has 29 heavy (non-hydrogen) atoms. The normalized spacial score (nSPS) is 20.4. The predicted molar refractivity (Wildman–Crippen MR) is 110 cm³/mol. The highest BCUT2D eigenvalue weighted by atomic mass is 35.5. The summed E-state index contributed by atoms with van der Waals surface area (Å²) in [4.78, 5) is 19.4. The molecular weight excluding hydrogens is 395 g/mol. The summed E-state index contributed by atoms with van der Waals surface area (Å²) in [6, 6.07) is 4.19. The number of carbonyl (C=O) groups is 1. The fourth-order valence-electron chi connectivity index (χ4n) is 4.12. The number of benzene rings is 1. The summed E-state index contributed by atoms with van der Waals surface area (Å²) in [5.41, 5.74) is 2.82. The number of halogens is 2. The monoisotopic (exact) mass is 414 g/mol. The van der Waals surface area contributed by atoms with Gasteiger partial charge in [-0.15, -0.1) is 0 Å². The molecule has 0 radical (unpaired) electrons. The van der Waals surface area contributed by atoms with Gasteiger partial charge in [-0.2, -0.15) is 0 Å². The Morgan fingerprint density at radius 1 is 1.28 bits per heavy atom. The summed E-state index contributed by atoms with van der Waals surface area (Å²) in [5.74, 6) is 0.268. The lowest BCUT2D eigenvalue weighted by atomic mass is 10.0. The lowest BCUT2D eigenvalue weighted by Gasteiger charge is -2.16. The van der Waals surface area contributed by atoms with Crippen molar-refractivity contribution < 1.29 is 13.9 Å². The van der Waals surface area contributed by atoms with Crippen molar-refractivity contribution in [1.82, 2.24) is 9.88 Å². The smallest absolute Gasteiger partial charge is 0.260 e. The maximum absolute atomic E-state index is 13.7. The van der Waals surface area contributed by atoms with Gasteiger partial charge in [0.2, 0.25) is 0 Å². The van der Waals surface area contributed by atoms with Crippen LogP contribution in [-0.2, 0) is 16.1 Å². The second-order valence-electron chi connectivity index (χ2n) is 7.43. The number of pyridine rings is 1. The molecule has 1 fully saturated rings. The quantitative estimate of drug-likeness (QED) is 0.746. The van der Waals surface area contributed by atoms with Crippen LogP contribution < -0.4 is 10.6 Å². The number of nitrogens with zero attached hydrogens (tertiary/aromatic N) is 2. The second kappa shape index (κ2) is 7.31. The zero-order valence-electron chi connectivity index (χ0n) is 15.7. The first-order valence-electron chi connectivity index (χ1n) is 9.74. The van der Waals surface area contributed by atoms with E-state index in [1.54, 1.807) is 12.3 Å². The number of likely N-dealkylation sites (tertiary alicyclic amines) is 1. The molecule has 1 saturated heterocycles. The number of rotatable bonds is 4. The highest BCUT2D eigenvalue weighted by Crippen LogP contribution is 2.44. The number of hydrogen-bond acceptors (Lipinski definition) is 5. The van der Waals surface area contributed by atoms with Crippen LogP contribution in [0.4, 0.5) is 15.9 Å². The number of hydrogen-bond donors (Lipinski definition) is 2. The lowest BCUT2D eigenvalue weighted by molar-refractivity contribution is -0.110. The Bertz CT molecular complexity index is 1030. The van der Waals surface area contributed by atoms with Crippen molar-refractivity contribution >= 4 is 40.3 Å². The average molecular weight is 415 g/mol. The van der Waals surface area contributed by atoms with Gasteiger partial charge in [0.05, 0.1) is 10.6 Å². The molecule has 1 aromatic carbocycles. The standard InChI is InChI=1S/C21H20ClFN4O2/c22-18-15-11-29-19(17-13-9-12(23)3-4-16(13)26-21(17)28)14(15)10-25-20(18)24-5-8-27-6-1-2-7-27/h3-4,9-10H,1-2,5-8,11H2,(H,24,25)(H,26,28)/b19-17+. The zero-order valence-corrected chi connectivity index (χ0v) is 16.5. The van der Waals surface area contributed by atoms with E-state index in [1.807, 2.05) is 0 Å². The van der Waals surface area contributed by atoms with Gasteiger partial charge in [0, 0.05) is 41.7 Å². The van der Waals surface area contributed by atoms with E-state index in [0.717, 1.165) is 31.7 Å². The van der Waals surface area contributed by atoms with Crippen molar-refractivity contribution in [2.75, 3.05) is 36.8 Å². The largest absolute Gasteiger partial charge is 0.487 e. The van der Waals surface area contributed by atoms with Crippen molar-refractivity contribution in [1.29, 1.82) is 0 Å². The molecule has 0 spiro atoms. The Morgan fingerprint density at radius 3 is 2.93 bits per heavy atom. The molecule has 150 valence electrons. The minimum atomic E-state index is -0.412. The van der Waals surface area contributed by atoms with Gasteiger partial charge in [-0.1, -0.05) is 11.6 Å². The number of fused-ring (bicyclic) bond motifs is 2. The third kappa shape index (κ3) is 3.24. The lowest BCUT2D eigenvalue weighted by Crippen LogP contribution is -2.26. The summed E-state index contributed by atoms with van der Waals surface area (Å²) < 4.78 is 19.6. The van der Waals surface area contributed by atoms with Gasteiger partial charge in [-0.25, -0.2) is 9.37 Å². The Labute approximate surface area is 172 Å². The molecule has 8 heteroatoms. The Kier molecular flexibility index (Phi) is 4.64. The topological polar surface area (TPSA) is 66.5 Å². The van der Waals surface area contributed by atoms with E-state index in [-0.39, 0.29) is 12.5 Å². The number of aromatic nitrogens is 1. The van der Waals surface area contributed by atoms with Crippen LogP contribution in [0.2, 0.25) is 5.02 Å². The molecule has 0 saturated carbocycles. The number of amides is 1. The van der Waals surface area contributed by atoms with Crippen molar-refractivity contribution in [2.45, 2.75) is 19.4 Å². The first kappa shape index (κ1) is 18.4. The van der Waals surface area contributed by atoms with Crippen molar-refractivity contribution in [3.8, 4) is 0 Å². The molecule has 1 amide bonds. The van der Waals surface area contributed by atoms with Crippen LogP contribution in [0.1, 0.15) is 29.5 Å². The summed E-state index contributed by atoms with van der Waals surface area (Å²) in [6.07, 6.45) is 4.18. The van der Waals surface area contributed by atoms with Crippen LogP contribution in [0.5, 0.6) is 0 Å². The van der Waals surface area contributed by atoms with Crippen LogP contribution in [0.3, 0.4) is 0 Å². The number of anilines is 2. The highest BCUT2D eigenvalue weighted by Gasteiger charge is 2.34. The van der Waals surface area contributed by atoms with Gasteiger partial charge >= 0.3 is 0 Å². The zero-order chi connectivity index (χ0) is 20.0. The third-order valence-electron chi connectivity index (χ3n) is 5.60. The minimum absolute atomic E-state index is 0.244. The molecule has 4 heterocycles. The van der Waals surface area contributed by atoms with Crippen LogP contribution in [0.25, 0.3) is 11.3 Å². The van der Waals surface area contributed by atoms with Crippen molar-refractivity contribution in [3.63, 3.8) is 0 Å². The molecule has 0 atom stereocenters. The fraction of sp³-hybridized carbons (Fsp3) is 0.333. The first-order chi connectivity index (χ1) is 14.1. The summed E-state index contributed by atoms with van der Waals surface area (Å²) in [5, 5.41) is 6.55. The first-order valence-corrected chi connectivity index (χ1v) is 10.1. The van der Waals surface area contributed by atoms with Gasteiger partial charge in [0.1, 0.15) is 24.0 Å². The molecule has 6 nitrogen and oxygen atoms in total. The molecule has 0 aliphatic carbocycles. The molecule has 1 aromatic heterocycles. The van der Waals surface area contributed by atoms with E-state index >= 15 is 0 Å². The van der Waals surface area contributed by atoms with Crippen LogP contribution in [0, 0.1) is 5.82 Å². The van der Waals surface area contributed by atoms with E-state index in [9.17, 15) is 9.18 Å². The maximum Gasteiger partial charge on any atom is 0.260 e. The molecule has 5 rings (SSSR count). The molecule has 3 aliphatic heterocycles. The maximum atomic E-state index is 13.7. The van der Waals surface area contributed by atoms with Crippen LogP contribution in [-0.4, -0.2) is 42.0 Å². The van der Waals surface area contributed by atoms with Crippen LogP contribution in [0.15, 0.2) is 24.4 Å². The van der Waals surface area contributed by atoms with Gasteiger partial charge < -0.3 is 20.3 Å². The number of ether oxygens (including phenoxy) is 1. The Hall–Kier alpha value is -2.64. The Morgan fingerprint density at radius 2 is 2.10 bits per heavy atom. The molecule has 2 aromatic rings. The van der Waals surface area contributed by atoms with E-state index < -0.39 is 5.82 Å². The number of carbonyl (C=O) groups excluding carboxylic acids is 1. The Balaban J connectivity index is 1.44. The number of nitrogens with one attached hydrogen (secondary N) is 2. The molecule has 0 bridgehead atoms. The van der Waals surface area contributed by atoms with Gasteiger partial charge in [0.25, 0.3) is 5.91 Å². The molecule has 0 unspecified atom stereocenters. The SMILES string of the molecule is O=C1Nc2ccc(F)cc2/C1=C1\OCc2c1cnc(NCCN1CCCC1)c2Cl. The molecule has 2 N–H and O–H groups in total. The predicted octanol–water partition coefficient (Wildman–Crippen LogP) is 3.73. The third-order valence-corrected chi connectivity index (χ3v) is 6.01. The van der Waals surface area contributed by atoms with E-state index in [2.05, 4.69) is 20.5 Å². The van der Waals surface area contributed by atoms with Crippen molar-refractivity contribution in [2.24, 2.45) is 0 Å². The second-order valence-corrected chi connectivity index (χ2v) is 7.80. The summed E-state index contributed by atoms with van der Waals surface area (Å²) >= 11 is 6.58. The summed E-state index contributed by atoms with van der Waals surface area (Å²) in [7, 11) is 0. The van der Waals surface area contributed by atoms with Crippen LogP contribution >= 0.6 is 11.6 Å². The van der Waals surface area contributed by atoms with E-state index in [1.165, 1.54) is 25.0 Å². The van der Waals surface area contributed by atoms with E-state index in [0.29, 0.717) is 39.0 Å². The van der Waals surface area contributed by atoms with Gasteiger partial charge in [-0.3, -0.25) is 4.79 Å². The van der Waals surface area contributed by atoms with Crippen molar-refractivity contribution in [3.05, 3.63) is 51.9 Å². The highest BCUT2D eigenvalue weighted by molar-refractivity contribution is 6.37. The van der Waals surface area contributed by atoms with Gasteiger partial charge in [0.15, 0.2) is 0 Å². The van der Waals surface area contributed by atoms with Gasteiger partial charge in [-0.05, 0) is 44.1 Å². The minimum Gasteiger partial charge on any atom is -0.487 e. The average Bonchev–Trinajstić information content (AvgIpc) is 3.42. The van der Waals surface area contributed by atoms with E-state index in [4.69, 9.17) is 16.3 Å².